The summed E-state index contributed by atoms with van der Waals surface area (Å²) in [6.07, 6.45) is 0. The average Bonchev–Trinajstić information content (AvgIpc) is 2.96. The minimum atomic E-state index is -0.525. The van der Waals surface area contributed by atoms with E-state index in [1.54, 1.807) is 10.6 Å². The van der Waals surface area contributed by atoms with Crippen LogP contribution in [0.4, 0.5) is 0 Å². The van der Waals surface area contributed by atoms with Gasteiger partial charge < -0.3 is 10.3 Å². The largest absolute Gasteiger partial charge is 0.366 e. The molecule has 3 aromatic rings. The van der Waals surface area contributed by atoms with Crippen LogP contribution in [0, 0.1) is 0 Å². The molecule has 2 N–H and O–H groups in total. The molecular weight excluding hydrogens is 288 g/mol. The molecule has 0 spiro atoms. The van der Waals surface area contributed by atoms with Crippen LogP contribution in [-0.4, -0.2) is 10.5 Å². The molecule has 0 bridgehead atoms. The number of primary amides is 1. The summed E-state index contributed by atoms with van der Waals surface area (Å²) >= 11 is 0. The molecule has 112 valence electrons. The summed E-state index contributed by atoms with van der Waals surface area (Å²) in [6.45, 7) is 0.464. The Balaban J connectivity index is 2.06. The lowest BCUT2D eigenvalue weighted by Crippen LogP contribution is -2.25. The van der Waals surface area contributed by atoms with Crippen molar-refractivity contribution in [2.24, 2.45) is 5.73 Å². The molecule has 1 aliphatic heterocycles. The monoisotopic (exact) mass is 302 g/mol. The van der Waals surface area contributed by atoms with Crippen LogP contribution in [0.5, 0.6) is 0 Å². The zero-order valence-corrected chi connectivity index (χ0v) is 12.3. The lowest BCUT2D eigenvalue weighted by atomic mass is 10.00. The minimum absolute atomic E-state index is 0.104. The zero-order valence-electron chi connectivity index (χ0n) is 12.3. The second-order valence-electron chi connectivity index (χ2n) is 5.60. The molecule has 2 aromatic carbocycles. The van der Waals surface area contributed by atoms with Crippen molar-refractivity contribution in [1.29, 1.82) is 0 Å². The number of fused-ring (bicyclic) bond motifs is 3. The molecule has 4 nitrogen and oxygen atoms in total. The molecule has 0 fully saturated rings. The summed E-state index contributed by atoms with van der Waals surface area (Å²) in [7, 11) is 0. The molecule has 4 heteroatoms. The number of nitrogens with zero attached hydrogens (tertiary/aromatic N) is 1. The van der Waals surface area contributed by atoms with E-state index >= 15 is 0 Å². The van der Waals surface area contributed by atoms with Gasteiger partial charge in [0.25, 0.3) is 11.5 Å². The van der Waals surface area contributed by atoms with E-state index in [0.29, 0.717) is 23.4 Å². The third-order valence-corrected chi connectivity index (χ3v) is 4.24. The van der Waals surface area contributed by atoms with E-state index in [9.17, 15) is 9.59 Å². The van der Waals surface area contributed by atoms with Crippen LogP contribution in [0.3, 0.4) is 0 Å². The number of pyridine rings is 1. The predicted octanol–water partition coefficient (Wildman–Crippen LogP) is 2.64. The van der Waals surface area contributed by atoms with Gasteiger partial charge in [0.2, 0.25) is 0 Å². The summed E-state index contributed by atoms with van der Waals surface area (Å²) < 4.78 is 1.65. The third kappa shape index (κ3) is 1.99. The lowest BCUT2D eigenvalue weighted by Gasteiger charge is -2.11. The standard InChI is InChI=1S/C19H14N2O2/c20-18(22)16-10-15(12-6-2-1-3-7-12)19(23)21-11-13-8-4-5-9-14(13)17(16)21/h1-10H,11H2,(H2,20,22). The van der Waals surface area contributed by atoms with Crippen LogP contribution in [0.15, 0.2) is 65.5 Å². The molecule has 0 saturated carbocycles. The topological polar surface area (TPSA) is 65.1 Å². The highest BCUT2D eigenvalue weighted by Crippen LogP contribution is 2.34. The molecule has 1 aromatic heterocycles. The first kappa shape index (κ1) is 13.5. The molecule has 0 aliphatic carbocycles. The molecule has 0 unspecified atom stereocenters. The molecule has 2 heterocycles. The van der Waals surface area contributed by atoms with Gasteiger partial charge in [0.15, 0.2) is 0 Å². The molecule has 0 saturated heterocycles. The van der Waals surface area contributed by atoms with Crippen molar-refractivity contribution < 1.29 is 4.79 Å². The Bertz CT molecular complexity index is 988. The Labute approximate surface area is 132 Å². The van der Waals surface area contributed by atoms with E-state index in [0.717, 1.165) is 16.7 Å². The van der Waals surface area contributed by atoms with Crippen LogP contribution in [0.2, 0.25) is 0 Å². The highest BCUT2D eigenvalue weighted by molar-refractivity contribution is 6.01. The minimum Gasteiger partial charge on any atom is -0.366 e. The van der Waals surface area contributed by atoms with Crippen molar-refractivity contribution in [3.05, 3.63) is 82.1 Å². The molecule has 4 rings (SSSR count). The molecule has 1 amide bonds. The summed E-state index contributed by atoms with van der Waals surface area (Å²) in [5.41, 5.74) is 9.69. The van der Waals surface area contributed by atoms with Crippen molar-refractivity contribution in [3.63, 3.8) is 0 Å². The summed E-state index contributed by atoms with van der Waals surface area (Å²) in [4.78, 5) is 24.9. The quantitative estimate of drug-likeness (QED) is 0.618. The van der Waals surface area contributed by atoms with Gasteiger partial charge in [-0.1, -0.05) is 54.6 Å². The maximum absolute atomic E-state index is 12.9. The second kappa shape index (κ2) is 4.95. The van der Waals surface area contributed by atoms with Crippen molar-refractivity contribution in [2.45, 2.75) is 6.54 Å². The zero-order chi connectivity index (χ0) is 16.0. The maximum atomic E-state index is 12.9. The Morgan fingerprint density at radius 1 is 0.957 bits per heavy atom. The summed E-state index contributed by atoms with van der Waals surface area (Å²) in [6, 6.07) is 18.7. The van der Waals surface area contributed by atoms with E-state index in [2.05, 4.69) is 0 Å². The van der Waals surface area contributed by atoms with E-state index in [4.69, 9.17) is 5.73 Å². The Kier molecular flexibility index (Phi) is 2.91. The van der Waals surface area contributed by atoms with Crippen molar-refractivity contribution in [1.82, 2.24) is 4.57 Å². The fourth-order valence-electron chi connectivity index (χ4n) is 3.18. The fraction of sp³-hybridized carbons (Fsp3) is 0.0526. The number of benzene rings is 2. The van der Waals surface area contributed by atoms with E-state index in [1.165, 1.54) is 0 Å². The smallest absolute Gasteiger partial charge is 0.259 e. The first-order chi connectivity index (χ1) is 11.2. The van der Waals surface area contributed by atoms with Gasteiger partial charge in [-0.15, -0.1) is 0 Å². The Morgan fingerprint density at radius 3 is 2.39 bits per heavy atom. The number of carbonyl (C=O) groups excluding carboxylic acids is 1. The van der Waals surface area contributed by atoms with Gasteiger partial charge in [-0.3, -0.25) is 9.59 Å². The van der Waals surface area contributed by atoms with Crippen molar-refractivity contribution in [2.75, 3.05) is 0 Å². The first-order valence-electron chi connectivity index (χ1n) is 7.38. The van der Waals surface area contributed by atoms with E-state index in [1.807, 2.05) is 54.6 Å². The third-order valence-electron chi connectivity index (χ3n) is 4.24. The molecule has 23 heavy (non-hydrogen) atoms. The highest BCUT2D eigenvalue weighted by atomic mass is 16.1. The normalized spacial score (nSPS) is 11.8. The Morgan fingerprint density at radius 2 is 1.65 bits per heavy atom. The van der Waals surface area contributed by atoms with Gasteiger partial charge in [0, 0.05) is 11.1 Å². The molecular formula is C19H14N2O2. The van der Waals surface area contributed by atoms with Crippen LogP contribution >= 0.6 is 0 Å². The average molecular weight is 302 g/mol. The van der Waals surface area contributed by atoms with Gasteiger partial charge in [-0.25, -0.2) is 0 Å². The van der Waals surface area contributed by atoms with Gasteiger partial charge in [0.1, 0.15) is 0 Å². The van der Waals surface area contributed by atoms with E-state index < -0.39 is 5.91 Å². The van der Waals surface area contributed by atoms with Gasteiger partial charge in [0.05, 0.1) is 17.8 Å². The van der Waals surface area contributed by atoms with Crippen LogP contribution < -0.4 is 11.3 Å². The number of amides is 1. The SMILES string of the molecule is NC(=O)c1cc(-c2ccccc2)c(=O)n2c1-c1ccccc1C2. The Hall–Kier alpha value is -3.14. The highest BCUT2D eigenvalue weighted by Gasteiger charge is 2.26. The molecule has 0 radical (unpaired) electrons. The van der Waals surface area contributed by atoms with Gasteiger partial charge in [-0.05, 0) is 17.2 Å². The van der Waals surface area contributed by atoms with Gasteiger partial charge in [-0.2, -0.15) is 0 Å². The summed E-state index contributed by atoms with van der Waals surface area (Å²) in [5.74, 6) is -0.525. The first-order valence-corrected chi connectivity index (χ1v) is 7.38. The van der Waals surface area contributed by atoms with Crippen LogP contribution in [0.1, 0.15) is 15.9 Å². The number of rotatable bonds is 2. The van der Waals surface area contributed by atoms with Crippen LogP contribution in [0.25, 0.3) is 22.4 Å². The number of carbonyl (C=O) groups is 1. The maximum Gasteiger partial charge on any atom is 0.259 e. The number of aromatic nitrogens is 1. The molecule has 0 atom stereocenters. The summed E-state index contributed by atoms with van der Waals surface area (Å²) in [5, 5.41) is 0. The fourth-order valence-corrected chi connectivity index (χ4v) is 3.18. The number of hydrogen-bond donors (Lipinski definition) is 1. The van der Waals surface area contributed by atoms with Crippen molar-refractivity contribution in [3.8, 4) is 22.4 Å². The second-order valence-corrected chi connectivity index (χ2v) is 5.60. The molecule has 1 aliphatic rings. The van der Waals surface area contributed by atoms with Gasteiger partial charge >= 0.3 is 0 Å². The van der Waals surface area contributed by atoms with Crippen LogP contribution in [-0.2, 0) is 6.54 Å². The predicted molar refractivity (Wildman–Crippen MR) is 89.2 cm³/mol. The van der Waals surface area contributed by atoms with E-state index in [-0.39, 0.29) is 5.56 Å². The van der Waals surface area contributed by atoms with Crippen molar-refractivity contribution >= 4 is 5.91 Å². The number of nitrogens with two attached hydrogens (primary N) is 1. The number of hydrogen-bond acceptors (Lipinski definition) is 2. The lowest BCUT2D eigenvalue weighted by molar-refractivity contribution is 0.100.